The molecule has 1 fully saturated rings. The average Bonchev–Trinajstić information content (AvgIpc) is 2.88. The molecule has 1 aliphatic heterocycles. The van der Waals surface area contributed by atoms with Crippen LogP contribution in [-0.4, -0.2) is 95.3 Å². The lowest BCUT2D eigenvalue weighted by Gasteiger charge is -2.46. The Labute approximate surface area is 255 Å². The molecule has 0 saturated carbocycles. The molecule has 0 unspecified atom stereocenters. The highest BCUT2D eigenvalue weighted by atomic mass is 79.9. The van der Waals surface area contributed by atoms with Crippen molar-refractivity contribution in [1.82, 2.24) is 0 Å². The molecule has 11 heteroatoms. The van der Waals surface area contributed by atoms with E-state index in [0.717, 1.165) is 4.48 Å². The minimum absolute atomic E-state index is 0.0419. The molecule has 1 rings (SSSR count). The molecule has 0 aromatic heterocycles. The second-order valence-corrected chi connectivity index (χ2v) is 17.2. The molecule has 0 aromatic carbocycles. The van der Waals surface area contributed by atoms with Crippen molar-refractivity contribution >= 4 is 30.2 Å². The number of aliphatic carboxylic acids is 1. The van der Waals surface area contributed by atoms with Crippen LogP contribution in [0.5, 0.6) is 0 Å². The number of hydrogen-bond acceptors (Lipinski definition) is 8. The predicted molar refractivity (Wildman–Crippen MR) is 167 cm³/mol. The summed E-state index contributed by atoms with van der Waals surface area (Å²) >= 11 is 3.65. The van der Waals surface area contributed by atoms with Gasteiger partial charge in [-0.3, -0.25) is 4.79 Å². The van der Waals surface area contributed by atoms with Gasteiger partial charge >= 0.3 is 5.97 Å². The summed E-state index contributed by atoms with van der Waals surface area (Å²) in [5.41, 5.74) is 0. The minimum atomic E-state index is -2.29. The summed E-state index contributed by atoms with van der Waals surface area (Å²) in [4.78, 5) is 11.0. The van der Waals surface area contributed by atoms with Gasteiger partial charge in [-0.05, 0) is 50.0 Å². The van der Waals surface area contributed by atoms with Crippen LogP contribution in [-0.2, 0) is 32.9 Å². The van der Waals surface area contributed by atoms with Crippen LogP contribution in [0.1, 0.15) is 47.0 Å². The minimum Gasteiger partial charge on any atom is -0.481 e. The Bertz CT molecular complexity index is 897. The maximum atomic E-state index is 11.0. The number of hydrogen-bond donors (Lipinski definition) is 2. The third kappa shape index (κ3) is 12.5. The molecule has 41 heavy (non-hydrogen) atoms. The number of carboxylic acid groups (broad SMARTS) is 1. The van der Waals surface area contributed by atoms with E-state index < -0.39 is 45.0 Å². The molecule has 9 nitrogen and oxygen atoms in total. The van der Waals surface area contributed by atoms with Gasteiger partial charge in [-0.25, -0.2) is 0 Å². The zero-order valence-electron chi connectivity index (χ0n) is 26.0. The first kappa shape index (κ1) is 37.9. The van der Waals surface area contributed by atoms with Gasteiger partial charge in [-0.1, -0.05) is 67.1 Å². The summed E-state index contributed by atoms with van der Waals surface area (Å²) < 4.78 is 37.9. The van der Waals surface area contributed by atoms with Crippen molar-refractivity contribution in [2.45, 2.75) is 108 Å². The Morgan fingerprint density at radius 1 is 1.02 bits per heavy atom. The monoisotopic (exact) mass is 662 g/mol. The molecule has 0 spiro atoms. The number of aliphatic hydroxyl groups is 1. The highest BCUT2D eigenvalue weighted by molar-refractivity contribution is 9.11. The van der Waals surface area contributed by atoms with Crippen molar-refractivity contribution < 1.29 is 43.1 Å². The normalized spacial score (nSPS) is 26.3. The fourth-order valence-electron chi connectivity index (χ4n) is 4.15. The summed E-state index contributed by atoms with van der Waals surface area (Å²) in [6.07, 6.45) is 10.3. The van der Waals surface area contributed by atoms with Crippen molar-refractivity contribution in [3.05, 3.63) is 47.0 Å². The van der Waals surface area contributed by atoms with Gasteiger partial charge in [0.1, 0.15) is 18.3 Å². The van der Waals surface area contributed by atoms with E-state index in [1.54, 1.807) is 33.5 Å². The van der Waals surface area contributed by atoms with Crippen molar-refractivity contribution in [3.8, 4) is 0 Å². The highest BCUT2D eigenvalue weighted by Crippen LogP contribution is 2.39. The summed E-state index contributed by atoms with van der Waals surface area (Å²) in [7, 11) is 2.53. The third-order valence-corrected chi connectivity index (χ3v) is 12.4. The maximum absolute atomic E-state index is 11.0. The quantitative estimate of drug-likeness (QED) is 0.114. The molecule has 0 amide bonds. The van der Waals surface area contributed by atoms with Gasteiger partial charge in [0.15, 0.2) is 14.6 Å². The lowest BCUT2D eigenvalue weighted by molar-refractivity contribution is -0.318. The standard InChI is InChI=1S/C30H51BrO9Si/c1-21-26(35-5)27(36-6)28(37-7)29(38-21)39-23(17-13-10-14-18-25(33)34)24(40-41(8,9)30(2,3)4)20-22(31)16-12-11-15-19-32/h10-13,15-16,20-21,23-24,26-29,32H,14,17-19H2,1-9H3,(H,33,34)/b13-10+,15-11-,16-12+,22-20-/t21-,23-,24+,26-,27+,28+,29-/m0/s1. The van der Waals surface area contributed by atoms with Gasteiger partial charge in [0.2, 0.25) is 0 Å². The van der Waals surface area contributed by atoms with E-state index in [0.29, 0.717) is 12.8 Å². The van der Waals surface area contributed by atoms with Gasteiger partial charge in [0.05, 0.1) is 24.9 Å². The van der Waals surface area contributed by atoms with Crippen LogP contribution in [0.3, 0.4) is 0 Å². The predicted octanol–water partition coefficient (Wildman–Crippen LogP) is 5.75. The first-order valence-electron chi connectivity index (χ1n) is 14.0. The van der Waals surface area contributed by atoms with Crippen molar-refractivity contribution in [3.63, 3.8) is 0 Å². The molecule has 1 saturated heterocycles. The summed E-state index contributed by atoms with van der Waals surface area (Å²) in [6, 6.07) is 0. The van der Waals surface area contributed by atoms with Gasteiger partial charge in [-0.15, -0.1) is 0 Å². The Morgan fingerprint density at radius 3 is 2.20 bits per heavy atom. The van der Waals surface area contributed by atoms with E-state index in [1.807, 2.05) is 37.3 Å². The molecular formula is C30H51BrO9Si. The topological polar surface area (TPSA) is 113 Å². The van der Waals surface area contributed by atoms with E-state index in [2.05, 4.69) is 49.8 Å². The van der Waals surface area contributed by atoms with Crippen LogP contribution in [0.15, 0.2) is 47.0 Å². The average molecular weight is 664 g/mol. The molecule has 7 atom stereocenters. The smallest absolute Gasteiger partial charge is 0.303 e. The molecule has 0 aromatic rings. The Hall–Kier alpha value is -1.15. The van der Waals surface area contributed by atoms with Gasteiger partial charge < -0.3 is 38.3 Å². The Morgan fingerprint density at radius 2 is 1.66 bits per heavy atom. The van der Waals surface area contributed by atoms with E-state index in [-0.39, 0.29) is 30.3 Å². The number of aliphatic hydroxyl groups excluding tert-OH is 1. The van der Waals surface area contributed by atoms with Gasteiger partial charge in [0.25, 0.3) is 0 Å². The number of rotatable bonds is 17. The van der Waals surface area contributed by atoms with Crippen molar-refractivity contribution in [2.75, 3.05) is 27.9 Å². The van der Waals surface area contributed by atoms with E-state index in [9.17, 15) is 4.79 Å². The van der Waals surface area contributed by atoms with Gasteiger partial charge in [0, 0.05) is 32.2 Å². The first-order chi connectivity index (χ1) is 19.2. The maximum Gasteiger partial charge on any atom is 0.303 e. The summed E-state index contributed by atoms with van der Waals surface area (Å²) in [5.74, 6) is -0.846. The Kier molecular flexibility index (Phi) is 17.1. The number of allylic oxidation sites excluding steroid dienone is 5. The zero-order chi connectivity index (χ0) is 31.2. The molecular weight excluding hydrogens is 612 g/mol. The van der Waals surface area contributed by atoms with Crippen LogP contribution < -0.4 is 0 Å². The summed E-state index contributed by atoms with van der Waals surface area (Å²) in [5, 5.41) is 18.0. The Balaban J connectivity index is 3.52. The molecule has 236 valence electrons. The number of methoxy groups -OCH3 is 3. The highest BCUT2D eigenvalue weighted by Gasteiger charge is 2.48. The molecule has 0 radical (unpaired) electrons. The van der Waals surface area contributed by atoms with Crippen molar-refractivity contribution in [1.29, 1.82) is 0 Å². The van der Waals surface area contributed by atoms with Crippen molar-refractivity contribution in [2.24, 2.45) is 0 Å². The van der Waals surface area contributed by atoms with Crippen LogP contribution in [0.4, 0.5) is 0 Å². The first-order valence-corrected chi connectivity index (χ1v) is 17.7. The van der Waals surface area contributed by atoms with Crippen LogP contribution in [0.25, 0.3) is 0 Å². The molecule has 0 aliphatic carbocycles. The lowest BCUT2D eigenvalue weighted by Crippen LogP contribution is -2.60. The molecule has 0 bridgehead atoms. The van der Waals surface area contributed by atoms with Crippen LogP contribution >= 0.6 is 15.9 Å². The van der Waals surface area contributed by atoms with Crippen LogP contribution in [0, 0.1) is 0 Å². The largest absolute Gasteiger partial charge is 0.481 e. The number of carbonyl (C=O) groups is 1. The second-order valence-electron chi connectivity index (χ2n) is 11.5. The summed E-state index contributed by atoms with van der Waals surface area (Å²) in [6.45, 7) is 12.8. The van der Waals surface area contributed by atoms with E-state index >= 15 is 0 Å². The fourth-order valence-corrected chi connectivity index (χ4v) is 5.82. The molecule has 1 heterocycles. The SMILES string of the molecule is CO[C@@H]1[C@@H](OC)[C@H](C)O[C@@H](O[C@@H](C/C=C/CCC(=O)O)[C@@H](/C=C(Br)/C=C/C=C\CO)O[Si](C)(C)C(C)(C)C)[C@@H]1OC. The van der Waals surface area contributed by atoms with E-state index in [1.165, 1.54) is 0 Å². The van der Waals surface area contributed by atoms with E-state index in [4.69, 9.17) is 38.3 Å². The third-order valence-electron chi connectivity index (χ3n) is 7.45. The zero-order valence-corrected chi connectivity index (χ0v) is 28.6. The van der Waals surface area contributed by atoms with Crippen LogP contribution in [0.2, 0.25) is 18.1 Å². The molecule has 1 aliphatic rings. The second kappa shape index (κ2) is 18.5. The lowest BCUT2D eigenvalue weighted by atomic mass is 9.99. The van der Waals surface area contributed by atoms with Gasteiger partial charge in [-0.2, -0.15) is 0 Å². The molecule has 2 N–H and O–H groups in total. The fraction of sp³-hybridized carbons (Fsp3) is 0.700. The number of halogens is 1. The number of carboxylic acids is 1. The number of ether oxygens (including phenoxy) is 5.